The zero-order valence-electron chi connectivity index (χ0n) is 12.2. The van der Waals surface area contributed by atoms with E-state index in [0.29, 0.717) is 6.54 Å². The Kier molecular flexibility index (Phi) is 5.39. The lowest BCUT2D eigenvalue weighted by atomic mass is 10.1. The lowest BCUT2D eigenvalue weighted by Gasteiger charge is -2.13. The van der Waals surface area contributed by atoms with E-state index in [4.69, 9.17) is 0 Å². The number of amides is 2. The Bertz CT molecular complexity index is 603. The van der Waals surface area contributed by atoms with Gasteiger partial charge in [0.25, 0.3) is 0 Å². The number of nitrogens with one attached hydrogen (secondary N) is 2. The summed E-state index contributed by atoms with van der Waals surface area (Å²) in [4.78, 5) is 12.0. The number of hydrogen-bond acceptors (Lipinski definition) is 1. The monoisotopic (exact) mass is 346 g/mol. The molecule has 3 nitrogen and oxygen atoms in total. The smallest absolute Gasteiger partial charge is 0.319 e. The SMILES string of the molecule is Cc1cc(Br)cc(C)c1NC(=O)NCCc1ccccc1. The fourth-order valence-electron chi connectivity index (χ4n) is 2.23. The number of urea groups is 1. The summed E-state index contributed by atoms with van der Waals surface area (Å²) < 4.78 is 1.02. The summed E-state index contributed by atoms with van der Waals surface area (Å²) in [5, 5.41) is 5.81. The lowest BCUT2D eigenvalue weighted by Crippen LogP contribution is -2.31. The van der Waals surface area contributed by atoms with Crippen LogP contribution in [0.15, 0.2) is 46.9 Å². The third-order valence-electron chi connectivity index (χ3n) is 3.28. The van der Waals surface area contributed by atoms with Gasteiger partial charge in [-0.1, -0.05) is 46.3 Å². The van der Waals surface area contributed by atoms with Crippen LogP contribution < -0.4 is 10.6 Å². The van der Waals surface area contributed by atoms with Crippen molar-refractivity contribution in [1.82, 2.24) is 5.32 Å². The summed E-state index contributed by atoms with van der Waals surface area (Å²) >= 11 is 3.45. The molecule has 2 amide bonds. The summed E-state index contributed by atoms with van der Waals surface area (Å²) in [5.41, 5.74) is 4.17. The number of benzene rings is 2. The van der Waals surface area contributed by atoms with Crippen LogP contribution >= 0.6 is 15.9 Å². The van der Waals surface area contributed by atoms with E-state index in [1.807, 2.05) is 44.2 Å². The molecule has 110 valence electrons. The molecule has 2 rings (SSSR count). The van der Waals surface area contributed by atoms with Crippen LogP contribution in [0, 0.1) is 13.8 Å². The van der Waals surface area contributed by atoms with Crippen molar-refractivity contribution in [1.29, 1.82) is 0 Å². The van der Waals surface area contributed by atoms with Crippen molar-refractivity contribution in [3.63, 3.8) is 0 Å². The zero-order chi connectivity index (χ0) is 15.2. The van der Waals surface area contributed by atoms with E-state index >= 15 is 0 Å². The van der Waals surface area contributed by atoms with Gasteiger partial charge in [-0.3, -0.25) is 0 Å². The van der Waals surface area contributed by atoms with Crippen LogP contribution in [-0.4, -0.2) is 12.6 Å². The predicted octanol–water partition coefficient (Wildman–Crippen LogP) is 4.43. The molecule has 0 aromatic heterocycles. The minimum absolute atomic E-state index is 0.167. The van der Waals surface area contributed by atoms with Crippen LogP contribution in [-0.2, 0) is 6.42 Å². The molecule has 0 atom stereocenters. The van der Waals surface area contributed by atoms with Crippen molar-refractivity contribution >= 4 is 27.6 Å². The molecule has 0 fully saturated rings. The van der Waals surface area contributed by atoms with Gasteiger partial charge in [-0.25, -0.2) is 4.79 Å². The van der Waals surface area contributed by atoms with Gasteiger partial charge in [-0.15, -0.1) is 0 Å². The van der Waals surface area contributed by atoms with Gasteiger partial charge in [0.15, 0.2) is 0 Å². The van der Waals surface area contributed by atoms with E-state index < -0.39 is 0 Å². The van der Waals surface area contributed by atoms with E-state index in [9.17, 15) is 4.79 Å². The predicted molar refractivity (Wildman–Crippen MR) is 90.8 cm³/mol. The Morgan fingerprint density at radius 2 is 1.71 bits per heavy atom. The first-order valence-corrected chi connectivity index (χ1v) is 7.71. The molecule has 0 spiro atoms. The van der Waals surface area contributed by atoms with Gasteiger partial charge in [0.1, 0.15) is 0 Å². The van der Waals surface area contributed by atoms with Gasteiger partial charge in [-0.2, -0.15) is 0 Å². The highest BCUT2D eigenvalue weighted by atomic mass is 79.9. The normalized spacial score (nSPS) is 10.2. The lowest BCUT2D eigenvalue weighted by molar-refractivity contribution is 0.252. The van der Waals surface area contributed by atoms with Crippen molar-refractivity contribution in [3.05, 3.63) is 63.6 Å². The van der Waals surface area contributed by atoms with Crippen molar-refractivity contribution in [2.45, 2.75) is 20.3 Å². The third-order valence-corrected chi connectivity index (χ3v) is 3.74. The summed E-state index contributed by atoms with van der Waals surface area (Å²) in [6.07, 6.45) is 0.826. The number of halogens is 1. The summed E-state index contributed by atoms with van der Waals surface area (Å²) in [6, 6.07) is 13.9. The molecule has 0 aliphatic heterocycles. The topological polar surface area (TPSA) is 41.1 Å². The van der Waals surface area contributed by atoms with E-state index in [1.165, 1.54) is 5.56 Å². The number of carbonyl (C=O) groups excluding carboxylic acids is 1. The Morgan fingerprint density at radius 1 is 1.10 bits per heavy atom. The molecule has 0 aliphatic rings. The molecular weight excluding hydrogens is 328 g/mol. The number of aryl methyl sites for hydroxylation is 2. The van der Waals surface area contributed by atoms with Gasteiger partial charge in [0.2, 0.25) is 0 Å². The van der Waals surface area contributed by atoms with Crippen LogP contribution in [0.3, 0.4) is 0 Å². The van der Waals surface area contributed by atoms with Gasteiger partial charge in [0, 0.05) is 16.7 Å². The van der Waals surface area contributed by atoms with Gasteiger partial charge < -0.3 is 10.6 Å². The highest BCUT2D eigenvalue weighted by Crippen LogP contribution is 2.24. The number of anilines is 1. The fraction of sp³-hybridized carbons (Fsp3) is 0.235. The van der Waals surface area contributed by atoms with Crippen LogP contribution in [0.25, 0.3) is 0 Å². The average molecular weight is 347 g/mol. The van der Waals surface area contributed by atoms with Crippen LogP contribution in [0.5, 0.6) is 0 Å². The molecule has 4 heteroatoms. The Balaban J connectivity index is 1.88. The molecule has 2 N–H and O–H groups in total. The highest BCUT2D eigenvalue weighted by Gasteiger charge is 2.08. The number of rotatable bonds is 4. The Labute approximate surface area is 133 Å². The second-order valence-electron chi connectivity index (χ2n) is 5.03. The maximum Gasteiger partial charge on any atom is 0.319 e. The fourth-order valence-corrected chi connectivity index (χ4v) is 2.92. The third kappa shape index (κ3) is 4.60. The molecule has 0 saturated carbocycles. The second kappa shape index (κ2) is 7.27. The molecule has 0 aliphatic carbocycles. The first kappa shape index (κ1) is 15.6. The molecule has 0 heterocycles. The molecule has 21 heavy (non-hydrogen) atoms. The van der Waals surface area contributed by atoms with Gasteiger partial charge in [-0.05, 0) is 49.1 Å². The van der Waals surface area contributed by atoms with Crippen molar-refractivity contribution in [3.8, 4) is 0 Å². The minimum Gasteiger partial charge on any atom is -0.338 e. The van der Waals surface area contributed by atoms with Crippen LogP contribution in [0.1, 0.15) is 16.7 Å². The number of carbonyl (C=O) groups is 1. The first-order valence-electron chi connectivity index (χ1n) is 6.92. The largest absolute Gasteiger partial charge is 0.338 e. The highest BCUT2D eigenvalue weighted by molar-refractivity contribution is 9.10. The van der Waals surface area contributed by atoms with E-state index in [2.05, 4.69) is 38.7 Å². The minimum atomic E-state index is -0.167. The van der Waals surface area contributed by atoms with Gasteiger partial charge in [0.05, 0.1) is 0 Å². The van der Waals surface area contributed by atoms with Gasteiger partial charge >= 0.3 is 6.03 Å². The van der Waals surface area contributed by atoms with E-state index in [0.717, 1.165) is 27.7 Å². The average Bonchev–Trinajstić information content (AvgIpc) is 2.44. The molecular formula is C17H19BrN2O. The van der Waals surface area contributed by atoms with E-state index in [-0.39, 0.29) is 6.03 Å². The summed E-state index contributed by atoms with van der Waals surface area (Å²) in [5.74, 6) is 0. The molecule has 2 aromatic carbocycles. The van der Waals surface area contributed by atoms with Crippen LogP contribution in [0.4, 0.5) is 10.5 Å². The molecule has 0 unspecified atom stereocenters. The molecule has 0 radical (unpaired) electrons. The van der Waals surface area contributed by atoms with Crippen molar-refractivity contribution in [2.75, 3.05) is 11.9 Å². The second-order valence-corrected chi connectivity index (χ2v) is 5.95. The number of hydrogen-bond donors (Lipinski definition) is 2. The molecule has 0 saturated heterocycles. The quantitative estimate of drug-likeness (QED) is 0.844. The Morgan fingerprint density at radius 3 is 2.33 bits per heavy atom. The van der Waals surface area contributed by atoms with E-state index in [1.54, 1.807) is 0 Å². The Hall–Kier alpha value is -1.81. The summed E-state index contributed by atoms with van der Waals surface area (Å²) in [7, 11) is 0. The van der Waals surface area contributed by atoms with Crippen molar-refractivity contribution < 1.29 is 4.79 Å². The first-order chi connectivity index (χ1) is 10.1. The maximum atomic E-state index is 12.0. The summed E-state index contributed by atoms with van der Waals surface area (Å²) in [6.45, 7) is 4.58. The van der Waals surface area contributed by atoms with Crippen molar-refractivity contribution in [2.24, 2.45) is 0 Å². The van der Waals surface area contributed by atoms with Crippen LogP contribution in [0.2, 0.25) is 0 Å². The molecule has 0 bridgehead atoms. The molecule has 2 aromatic rings. The zero-order valence-corrected chi connectivity index (χ0v) is 13.8. The maximum absolute atomic E-state index is 12.0. The standard InChI is InChI=1S/C17H19BrN2O/c1-12-10-15(18)11-13(2)16(12)20-17(21)19-9-8-14-6-4-3-5-7-14/h3-7,10-11H,8-9H2,1-2H3,(H2,19,20,21).